The molecule has 2 aromatic carbocycles. The average molecular weight is 297 g/mol. The minimum Gasteiger partial charge on any atom is -0.390 e. The molecule has 22 heavy (non-hydrogen) atoms. The molecule has 0 atom stereocenters. The summed E-state index contributed by atoms with van der Waals surface area (Å²) in [6.07, 6.45) is 3.87. The summed E-state index contributed by atoms with van der Waals surface area (Å²) in [5, 5.41) is 13.0. The van der Waals surface area contributed by atoms with Crippen LogP contribution >= 0.6 is 0 Å². The highest BCUT2D eigenvalue weighted by Crippen LogP contribution is 2.44. The van der Waals surface area contributed by atoms with E-state index < -0.39 is 5.60 Å². The van der Waals surface area contributed by atoms with Gasteiger partial charge in [0.15, 0.2) is 0 Å². The number of rotatable bonds is 3. The van der Waals surface area contributed by atoms with Gasteiger partial charge < -0.3 is 10.0 Å². The Kier molecular flexibility index (Phi) is 4.00. The molecule has 0 bridgehead atoms. The number of nitrogens with zero attached hydrogens (tertiary/aromatic N) is 1. The van der Waals surface area contributed by atoms with E-state index >= 15 is 0 Å². The van der Waals surface area contributed by atoms with Crippen molar-refractivity contribution < 1.29 is 5.11 Å². The normalized spacial score (nSPS) is 29.1. The van der Waals surface area contributed by atoms with Crippen LogP contribution in [0.15, 0.2) is 42.5 Å². The van der Waals surface area contributed by atoms with E-state index in [2.05, 4.69) is 61.5 Å². The van der Waals surface area contributed by atoms with Crippen molar-refractivity contribution >= 4 is 10.8 Å². The van der Waals surface area contributed by atoms with Crippen LogP contribution in [0.3, 0.4) is 0 Å². The van der Waals surface area contributed by atoms with Crippen molar-refractivity contribution in [1.29, 1.82) is 0 Å². The van der Waals surface area contributed by atoms with Gasteiger partial charge in [0, 0.05) is 12.0 Å². The minimum atomic E-state index is -0.493. The molecular weight excluding hydrogens is 270 g/mol. The molecule has 0 unspecified atom stereocenters. The number of benzene rings is 2. The van der Waals surface area contributed by atoms with Gasteiger partial charge in [-0.15, -0.1) is 0 Å². The fraction of sp³-hybridized carbons (Fsp3) is 0.500. The molecule has 3 rings (SSSR count). The molecule has 0 amide bonds. The summed E-state index contributed by atoms with van der Waals surface area (Å²) in [7, 11) is 4.30. The molecule has 118 valence electrons. The SMILES string of the molecule is CN(C)CC1(c2ccc3ccccc3c2)CCC(C)(O)CC1. The molecule has 1 aliphatic rings. The maximum absolute atomic E-state index is 10.3. The van der Waals surface area contributed by atoms with E-state index in [0.29, 0.717) is 0 Å². The van der Waals surface area contributed by atoms with Gasteiger partial charge in [0.05, 0.1) is 5.60 Å². The van der Waals surface area contributed by atoms with Gasteiger partial charge in [-0.2, -0.15) is 0 Å². The van der Waals surface area contributed by atoms with Crippen LogP contribution in [0.1, 0.15) is 38.2 Å². The molecule has 0 aromatic heterocycles. The van der Waals surface area contributed by atoms with Crippen molar-refractivity contribution in [1.82, 2.24) is 4.90 Å². The van der Waals surface area contributed by atoms with Crippen LogP contribution in [0.2, 0.25) is 0 Å². The molecule has 2 heteroatoms. The van der Waals surface area contributed by atoms with Gasteiger partial charge in [-0.25, -0.2) is 0 Å². The van der Waals surface area contributed by atoms with Crippen molar-refractivity contribution in [2.75, 3.05) is 20.6 Å². The van der Waals surface area contributed by atoms with Gasteiger partial charge >= 0.3 is 0 Å². The topological polar surface area (TPSA) is 23.5 Å². The number of hydrogen-bond donors (Lipinski definition) is 1. The molecule has 1 saturated carbocycles. The highest BCUT2D eigenvalue weighted by Gasteiger charge is 2.40. The van der Waals surface area contributed by atoms with Crippen LogP contribution in [0.25, 0.3) is 10.8 Å². The fourth-order valence-electron chi connectivity index (χ4n) is 3.93. The van der Waals surface area contributed by atoms with Crippen LogP contribution < -0.4 is 0 Å². The van der Waals surface area contributed by atoms with E-state index in [1.165, 1.54) is 16.3 Å². The lowest BCUT2D eigenvalue weighted by molar-refractivity contribution is -0.00433. The Morgan fingerprint density at radius 1 is 0.955 bits per heavy atom. The molecule has 1 fully saturated rings. The van der Waals surface area contributed by atoms with E-state index in [1.807, 2.05) is 6.92 Å². The monoisotopic (exact) mass is 297 g/mol. The van der Waals surface area contributed by atoms with Gasteiger partial charge in [-0.3, -0.25) is 0 Å². The molecule has 0 heterocycles. The van der Waals surface area contributed by atoms with Gasteiger partial charge in [0.2, 0.25) is 0 Å². The van der Waals surface area contributed by atoms with Gasteiger partial charge in [-0.1, -0.05) is 42.5 Å². The molecule has 0 saturated heterocycles. The third-order valence-electron chi connectivity index (χ3n) is 5.26. The first-order valence-electron chi connectivity index (χ1n) is 8.27. The number of aliphatic hydroxyl groups is 1. The third kappa shape index (κ3) is 3.04. The maximum atomic E-state index is 10.3. The number of hydrogen-bond acceptors (Lipinski definition) is 2. The first-order chi connectivity index (χ1) is 10.4. The lowest BCUT2D eigenvalue weighted by Gasteiger charge is -2.44. The Balaban J connectivity index is 2.00. The summed E-state index contributed by atoms with van der Waals surface area (Å²) in [4.78, 5) is 2.29. The van der Waals surface area contributed by atoms with Crippen molar-refractivity contribution in [3.05, 3.63) is 48.0 Å². The zero-order valence-corrected chi connectivity index (χ0v) is 14.0. The molecule has 1 aliphatic carbocycles. The maximum Gasteiger partial charge on any atom is 0.0620 e. The largest absolute Gasteiger partial charge is 0.390 e. The Morgan fingerprint density at radius 3 is 2.23 bits per heavy atom. The van der Waals surface area contributed by atoms with E-state index in [9.17, 15) is 5.11 Å². The first kappa shape index (κ1) is 15.5. The Labute approximate surface area is 133 Å². The van der Waals surface area contributed by atoms with Gasteiger partial charge in [-0.05, 0) is 63.0 Å². The van der Waals surface area contributed by atoms with Crippen molar-refractivity contribution in [3.63, 3.8) is 0 Å². The van der Waals surface area contributed by atoms with Crippen molar-refractivity contribution in [2.24, 2.45) is 0 Å². The number of fused-ring (bicyclic) bond motifs is 1. The van der Waals surface area contributed by atoms with Crippen LogP contribution in [-0.2, 0) is 5.41 Å². The highest BCUT2D eigenvalue weighted by atomic mass is 16.3. The van der Waals surface area contributed by atoms with E-state index in [4.69, 9.17) is 0 Å². The summed E-state index contributed by atoms with van der Waals surface area (Å²) in [6.45, 7) is 3.02. The third-order valence-corrected chi connectivity index (χ3v) is 5.26. The molecule has 0 aliphatic heterocycles. The molecule has 0 spiro atoms. The second-order valence-corrected chi connectivity index (χ2v) is 7.58. The van der Waals surface area contributed by atoms with E-state index in [0.717, 1.165) is 32.2 Å². The minimum absolute atomic E-state index is 0.162. The Hall–Kier alpha value is -1.38. The van der Waals surface area contributed by atoms with Gasteiger partial charge in [0.25, 0.3) is 0 Å². The summed E-state index contributed by atoms with van der Waals surface area (Å²) in [5.74, 6) is 0. The average Bonchev–Trinajstić information content (AvgIpc) is 2.49. The fourth-order valence-corrected chi connectivity index (χ4v) is 3.93. The van der Waals surface area contributed by atoms with Crippen molar-refractivity contribution in [2.45, 2.75) is 43.6 Å². The first-order valence-corrected chi connectivity index (χ1v) is 8.27. The second-order valence-electron chi connectivity index (χ2n) is 7.58. The predicted octanol–water partition coefficient (Wildman–Crippen LogP) is 3.96. The molecule has 0 radical (unpaired) electrons. The van der Waals surface area contributed by atoms with E-state index in [1.54, 1.807) is 0 Å². The quantitative estimate of drug-likeness (QED) is 0.927. The predicted molar refractivity (Wildman–Crippen MR) is 93.3 cm³/mol. The van der Waals surface area contributed by atoms with Crippen LogP contribution in [0, 0.1) is 0 Å². The van der Waals surface area contributed by atoms with E-state index in [-0.39, 0.29) is 5.41 Å². The second kappa shape index (κ2) is 5.68. The standard InChI is InChI=1S/C20H27NO/c1-19(22)10-12-20(13-11-19,15-21(2)3)18-9-8-16-6-4-5-7-17(16)14-18/h4-9,14,22H,10-13,15H2,1-3H3. The molecule has 2 nitrogen and oxygen atoms in total. The van der Waals surface area contributed by atoms with Crippen molar-refractivity contribution in [3.8, 4) is 0 Å². The summed E-state index contributed by atoms with van der Waals surface area (Å²) in [6, 6.07) is 15.5. The lowest BCUT2D eigenvalue weighted by Crippen LogP contribution is -2.45. The highest BCUT2D eigenvalue weighted by molar-refractivity contribution is 5.83. The smallest absolute Gasteiger partial charge is 0.0620 e. The van der Waals surface area contributed by atoms with Crippen LogP contribution in [-0.4, -0.2) is 36.2 Å². The molecular formula is C20H27NO. The molecule has 1 N–H and O–H groups in total. The Morgan fingerprint density at radius 2 is 1.59 bits per heavy atom. The zero-order valence-electron chi connectivity index (χ0n) is 14.0. The summed E-state index contributed by atoms with van der Waals surface area (Å²) < 4.78 is 0. The van der Waals surface area contributed by atoms with Crippen LogP contribution in [0.5, 0.6) is 0 Å². The number of likely N-dealkylation sites (N-methyl/N-ethyl adjacent to an activating group) is 1. The van der Waals surface area contributed by atoms with Crippen LogP contribution in [0.4, 0.5) is 0 Å². The summed E-state index contributed by atoms with van der Waals surface area (Å²) >= 11 is 0. The summed E-state index contributed by atoms with van der Waals surface area (Å²) in [5.41, 5.74) is 1.10. The zero-order chi connectivity index (χ0) is 15.8. The van der Waals surface area contributed by atoms with Gasteiger partial charge in [0.1, 0.15) is 0 Å². The molecule has 2 aromatic rings. The lowest BCUT2D eigenvalue weighted by atomic mass is 9.65. The Bertz CT molecular complexity index is 650.